The van der Waals surface area contributed by atoms with Gasteiger partial charge in [-0.25, -0.2) is 0 Å². The van der Waals surface area contributed by atoms with Crippen molar-refractivity contribution in [3.8, 4) is 17.6 Å². The normalized spacial score (nSPS) is 29.2. The van der Waals surface area contributed by atoms with Gasteiger partial charge in [-0.2, -0.15) is 0 Å². The van der Waals surface area contributed by atoms with Crippen molar-refractivity contribution in [1.82, 2.24) is 10.6 Å². The van der Waals surface area contributed by atoms with Gasteiger partial charge in [0.1, 0.15) is 5.75 Å². The van der Waals surface area contributed by atoms with Gasteiger partial charge in [0, 0.05) is 36.5 Å². The summed E-state index contributed by atoms with van der Waals surface area (Å²) in [6, 6.07) is 16.8. The molecular formula is C63H84N2O12. The molecule has 13 atom stereocenters. The highest BCUT2D eigenvalue weighted by Crippen LogP contribution is 2.46. The van der Waals surface area contributed by atoms with E-state index in [0.717, 1.165) is 34.2 Å². The van der Waals surface area contributed by atoms with Crippen molar-refractivity contribution < 1.29 is 60.7 Å². The summed E-state index contributed by atoms with van der Waals surface area (Å²) in [5.74, 6) is 3.24. The number of benzene rings is 3. The molecule has 4 aliphatic heterocycles. The van der Waals surface area contributed by atoms with Gasteiger partial charge in [-0.05, 0) is 159 Å². The Morgan fingerprint density at radius 2 is 1.69 bits per heavy atom. The number of aliphatic carboxylic acids is 2. The van der Waals surface area contributed by atoms with E-state index in [2.05, 4.69) is 35.5 Å². The number of aromatic hydroxyl groups is 1. The van der Waals surface area contributed by atoms with Crippen LogP contribution < -0.4 is 10.6 Å². The minimum atomic E-state index is -1.69. The zero-order chi connectivity index (χ0) is 55.4. The zero-order valence-corrected chi connectivity index (χ0v) is 45.2. The fraction of sp³-hybridized carbons (Fsp3) is 0.556. The standard InChI is InChI=1S/C63H84N2O12/c1-4-6-12-55(69)56(70)28-20-44-19-18-43-10-7-9-42(5-2)50(43)26-22-47-11-8-31-62(77,36-40-15-23-48(67)24-16-40)63(47)37-41-14-17-46(45(32-41)21-30-59(73)74)33-58(72)51-25-13-39(3)64-61(53(51)35-60(75)76)57(71)29-27-54(65-63)52(44)34-49(68)38-66/h7-11,14-17,20,23-24,28,32,39,47,49,51,53-58,61,64-72,77H,4-6,12-13,18-19,21,25,27,29-31,33-38H2,1-3H3,(H,73,74)(H,75,76). The Balaban J connectivity index is 1.58. The molecule has 14 heteroatoms. The highest BCUT2D eigenvalue weighted by Gasteiger charge is 2.56. The Labute approximate surface area is 454 Å². The number of phenolic OH excluding ortho intramolecular Hbond substituents is 1. The number of hydrogen-bond acceptors (Lipinski definition) is 12. The average molecular weight is 1060 g/mol. The molecule has 0 saturated carbocycles. The molecule has 14 nitrogen and oxygen atoms in total. The summed E-state index contributed by atoms with van der Waals surface area (Å²) in [6.45, 7) is 5.46. The van der Waals surface area contributed by atoms with Crippen LogP contribution in [0.2, 0.25) is 0 Å². The van der Waals surface area contributed by atoms with E-state index in [0.29, 0.717) is 67.2 Å². The number of carbonyl (C=O) groups is 2. The van der Waals surface area contributed by atoms with Crippen molar-refractivity contribution in [3.63, 3.8) is 0 Å². The first-order valence-electron chi connectivity index (χ1n) is 28.2. The van der Waals surface area contributed by atoms with E-state index in [9.17, 15) is 60.7 Å². The molecule has 5 aliphatic rings. The molecule has 1 spiro atoms. The number of allylic oxidation sites excluding steroid dienone is 2. The highest BCUT2D eigenvalue weighted by molar-refractivity contribution is 5.67. The first-order valence-corrected chi connectivity index (χ1v) is 28.2. The third kappa shape index (κ3) is 14.7. The summed E-state index contributed by atoms with van der Waals surface area (Å²) in [7, 11) is 0. The Morgan fingerprint density at radius 3 is 2.40 bits per heavy atom. The first-order chi connectivity index (χ1) is 36.9. The zero-order valence-electron chi connectivity index (χ0n) is 45.2. The van der Waals surface area contributed by atoms with Crippen LogP contribution in [0.15, 0.2) is 96.1 Å². The lowest BCUT2D eigenvalue weighted by Gasteiger charge is -2.54. The maximum atomic E-state index is 14.1. The van der Waals surface area contributed by atoms with Crippen molar-refractivity contribution in [1.29, 1.82) is 0 Å². The van der Waals surface area contributed by atoms with Crippen LogP contribution in [0.25, 0.3) is 0 Å². The van der Waals surface area contributed by atoms with Gasteiger partial charge in [-0.1, -0.05) is 111 Å². The second kappa shape index (κ2) is 27.1. The molecule has 1 aliphatic carbocycles. The van der Waals surface area contributed by atoms with E-state index in [1.165, 1.54) is 0 Å². The largest absolute Gasteiger partial charge is 0.508 e. The fourth-order valence-corrected chi connectivity index (χ4v) is 12.9. The monoisotopic (exact) mass is 1060 g/mol. The number of unbranched alkanes of at least 4 members (excludes halogenated alkanes) is 1. The van der Waals surface area contributed by atoms with Crippen LogP contribution in [0, 0.1) is 29.6 Å². The first kappa shape index (κ1) is 59.5. The number of fused-ring (bicyclic) bond motifs is 6. The molecule has 418 valence electrons. The topological polar surface area (TPSA) is 260 Å². The van der Waals surface area contributed by atoms with Gasteiger partial charge in [0.25, 0.3) is 0 Å². The molecular weight excluding hydrogens is 977 g/mol. The summed E-state index contributed by atoms with van der Waals surface area (Å²) in [5, 5.41) is 123. The van der Waals surface area contributed by atoms with Gasteiger partial charge >= 0.3 is 11.9 Å². The molecule has 0 radical (unpaired) electrons. The summed E-state index contributed by atoms with van der Waals surface area (Å²) < 4.78 is 0. The Bertz CT molecular complexity index is 2640. The van der Waals surface area contributed by atoms with E-state index < -0.39 is 90.0 Å². The number of aliphatic hydroxyl groups is 7. The van der Waals surface area contributed by atoms with Crippen LogP contribution in [-0.2, 0) is 48.1 Å². The number of aliphatic hydroxyl groups excluding tert-OH is 6. The lowest BCUT2D eigenvalue weighted by Crippen LogP contribution is -2.71. The second-order valence-corrected chi connectivity index (χ2v) is 22.6. The van der Waals surface area contributed by atoms with Gasteiger partial charge in [0.05, 0.1) is 60.6 Å². The maximum absolute atomic E-state index is 14.1. The quantitative estimate of drug-likeness (QED) is 0.0533. The minimum Gasteiger partial charge on any atom is -0.508 e. The van der Waals surface area contributed by atoms with Crippen LogP contribution in [0.3, 0.4) is 0 Å². The third-order valence-corrected chi connectivity index (χ3v) is 17.2. The minimum absolute atomic E-state index is 0.0541. The Kier molecular flexibility index (Phi) is 21.0. The van der Waals surface area contributed by atoms with Crippen molar-refractivity contribution in [2.24, 2.45) is 17.8 Å². The molecule has 13 unspecified atom stereocenters. The molecule has 8 rings (SSSR count). The van der Waals surface area contributed by atoms with Gasteiger partial charge in [0.15, 0.2) is 0 Å². The van der Waals surface area contributed by atoms with Crippen molar-refractivity contribution in [3.05, 3.63) is 135 Å². The molecule has 12 N–H and O–H groups in total. The van der Waals surface area contributed by atoms with Gasteiger partial charge in [-0.15, -0.1) is 0 Å². The smallest absolute Gasteiger partial charge is 0.303 e. The predicted octanol–water partition coefficient (Wildman–Crippen LogP) is 6.17. The molecule has 6 bridgehead atoms. The molecule has 0 amide bonds. The number of aryl methyl sites for hydroxylation is 3. The van der Waals surface area contributed by atoms with E-state index in [4.69, 9.17) is 0 Å². The molecule has 4 heterocycles. The second-order valence-electron chi connectivity index (χ2n) is 22.6. The van der Waals surface area contributed by atoms with Gasteiger partial charge in [0.2, 0.25) is 0 Å². The number of nitrogens with one attached hydrogen (secondary N) is 2. The van der Waals surface area contributed by atoms with Crippen LogP contribution in [-0.4, -0.2) is 129 Å². The third-order valence-electron chi connectivity index (χ3n) is 17.2. The Hall–Kier alpha value is -5.18. The summed E-state index contributed by atoms with van der Waals surface area (Å²) >= 11 is 0. The van der Waals surface area contributed by atoms with Crippen molar-refractivity contribution in [2.75, 3.05) is 6.61 Å². The number of carboxylic acids is 2. The summed E-state index contributed by atoms with van der Waals surface area (Å²) in [4.78, 5) is 25.2. The molecule has 0 aromatic heterocycles. The van der Waals surface area contributed by atoms with E-state index in [1.807, 2.05) is 56.3 Å². The van der Waals surface area contributed by atoms with Crippen molar-refractivity contribution >= 4 is 11.9 Å². The number of hydrogen-bond donors (Lipinski definition) is 12. The maximum Gasteiger partial charge on any atom is 0.303 e. The van der Waals surface area contributed by atoms with Crippen molar-refractivity contribution in [2.45, 2.75) is 196 Å². The number of rotatable bonds is 17. The lowest BCUT2D eigenvalue weighted by molar-refractivity contribution is -0.140. The fourth-order valence-electron chi connectivity index (χ4n) is 12.9. The van der Waals surface area contributed by atoms with E-state index >= 15 is 0 Å². The molecule has 77 heavy (non-hydrogen) atoms. The van der Waals surface area contributed by atoms with Crippen LogP contribution >= 0.6 is 0 Å². The van der Waals surface area contributed by atoms with E-state index in [1.54, 1.807) is 36.4 Å². The van der Waals surface area contributed by atoms with Gasteiger partial charge < -0.3 is 61.7 Å². The predicted molar refractivity (Wildman–Crippen MR) is 296 cm³/mol. The highest BCUT2D eigenvalue weighted by atomic mass is 16.4. The van der Waals surface area contributed by atoms with E-state index in [-0.39, 0.29) is 76.0 Å². The van der Waals surface area contributed by atoms with Crippen LogP contribution in [0.1, 0.15) is 137 Å². The molecule has 3 aromatic rings. The summed E-state index contributed by atoms with van der Waals surface area (Å²) in [5.41, 5.74) is 3.83. The molecule has 1 fully saturated rings. The molecule has 3 aromatic carbocycles. The number of phenols is 1. The van der Waals surface area contributed by atoms with Crippen LogP contribution in [0.4, 0.5) is 0 Å². The average Bonchev–Trinajstić information content (AvgIpc) is 3.61. The van der Waals surface area contributed by atoms with Gasteiger partial charge in [-0.3, -0.25) is 9.59 Å². The number of carboxylic acid groups (broad SMARTS) is 2. The SMILES string of the molecule is CCCCC(O)C(O)C=CC1=C(CC(O)CO)C2CCC(O)C3NC(C)CCC(C(O)Cc4ccc(cc4CCC(=O)O)CC4(N2)C(C#Cc2c(CC)cccc2CC1)C=CCC4(O)Cc1ccc(O)cc1)C3CC(=O)O. The Morgan fingerprint density at radius 1 is 0.909 bits per heavy atom. The lowest BCUT2D eigenvalue weighted by atomic mass is 9.60. The van der Waals surface area contributed by atoms with Crippen LogP contribution in [0.5, 0.6) is 5.75 Å². The molecule has 1 saturated heterocycles. The summed E-state index contributed by atoms with van der Waals surface area (Å²) in [6.07, 6.45) is 6.12.